The Hall–Kier alpha value is -1.10. The van der Waals surface area contributed by atoms with E-state index in [1.54, 1.807) is 4.90 Å². The molecular weight excluding hydrogens is 244 g/mol. The lowest BCUT2D eigenvalue weighted by Gasteiger charge is -2.37. The third kappa shape index (κ3) is 3.93. The number of piperazine rings is 1. The average Bonchev–Trinajstić information content (AvgIpc) is 3.16. The zero-order chi connectivity index (χ0) is 13.8. The lowest BCUT2D eigenvalue weighted by Crippen LogP contribution is -2.60. The van der Waals surface area contributed by atoms with Crippen LogP contribution in [0.4, 0.5) is 0 Å². The summed E-state index contributed by atoms with van der Waals surface area (Å²) in [5, 5.41) is 2.66. The molecule has 2 amide bonds. The summed E-state index contributed by atoms with van der Waals surface area (Å²) in [6, 6.07) is -0.329. The summed E-state index contributed by atoms with van der Waals surface area (Å²) in [6.45, 7) is 6.21. The Morgan fingerprint density at radius 2 is 2.11 bits per heavy atom. The predicted molar refractivity (Wildman–Crippen MR) is 71.5 cm³/mol. The maximum atomic E-state index is 11.9. The molecule has 0 radical (unpaired) electrons. The quantitative estimate of drug-likeness (QED) is 0.694. The molecule has 108 valence electrons. The third-order valence-corrected chi connectivity index (χ3v) is 3.71. The molecule has 1 heterocycles. The molecule has 2 rings (SSSR count). The van der Waals surface area contributed by atoms with E-state index < -0.39 is 0 Å². The Morgan fingerprint density at radius 3 is 2.74 bits per heavy atom. The third-order valence-electron chi connectivity index (χ3n) is 3.71. The van der Waals surface area contributed by atoms with Gasteiger partial charge in [0, 0.05) is 19.8 Å². The first-order valence-corrected chi connectivity index (χ1v) is 7.24. The van der Waals surface area contributed by atoms with Crippen molar-refractivity contribution in [2.75, 3.05) is 26.3 Å². The molecule has 0 bridgehead atoms. The lowest BCUT2D eigenvalue weighted by atomic mass is 9.99. The van der Waals surface area contributed by atoms with Crippen LogP contribution in [0.2, 0.25) is 0 Å². The Morgan fingerprint density at radius 1 is 1.37 bits per heavy atom. The lowest BCUT2D eigenvalue weighted by molar-refractivity contribution is -0.147. The molecule has 1 aliphatic carbocycles. The normalized spacial score (nSPS) is 23.9. The summed E-state index contributed by atoms with van der Waals surface area (Å²) in [4.78, 5) is 25.5. The maximum absolute atomic E-state index is 11.9. The molecule has 1 atom stereocenters. The molecule has 0 aromatic rings. The van der Waals surface area contributed by atoms with Crippen molar-refractivity contribution in [1.29, 1.82) is 0 Å². The molecule has 1 aliphatic heterocycles. The van der Waals surface area contributed by atoms with Crippen molar-refractivity contribution >= 4 is 11.8 Å². The standard InChI is InChI=1S/C14H24N2O3/c1-10(2)13-14(18)15-8-12(17)16(13)6-3-7-19-9-11-4-5-11/h10-11,13H,3-9H2,1-2H3,(H,15,18). The molecule has 19 heavy (non-hydrogen) atoms. The molecule has 0 spiro atoms. The first-order chi connectivity index (χ1) is 9.09. The molecule has 1 saturated carbocycles. The summed E-state index contributed by atoms with van der Waals surface area (Å²) < 4.78 is 5.57. The maximum Gasteiger partial charge on any atom is 0.243 e. The van der Waals surface area contributed by atoms with Crippen molar-refractivity contribution < 1.29 is 14.3 Å². The first-order valence-electron chi connectivity index (χ1n) is 7.24. The Kier molecular flexibility index (Phi) is 4.80. The zero-order valence-electron chi connectivity index (χ0n) is 11.9. The molecular formula is C14H24N2O3. The van der Waals surface area contributed by atoms with Crippen molar-refractivity contribution in [2.24, 2.45) is 11.8 Å². The van der Waals surface area contributed by atoms with Crippen LogP contribution in [0.3, 0.4) is 0 Å². The van der Waals surface area contributed by atoms with E-state index in [1.807, 2.05) is 13.8 Å². The van der Waals surface area contributed by atoms with Crippen LogP contribution in [0.25, 0.3) is 0 Å². The number of rotatable bonds is 7. The van der Waals surface area contributed by atoms with E-state index in [1.165, 1.54) is 12.8 Å². The average molecular weight is 268 g/mol. The van der Waals surface area contributed by atoms with Gasteiger partial charge in [0.05, 0.1) is 6.54 Å². The van der Waals surface area contributed by atoms with E-state index in [0.29, 0.717) is 13.2 Å². The van der Waals surface area contributed by atoms with Gasteiger partial charge in [0.1, 0.15) is 6.04 Å². The number of nitrogens with zero attached hydrogens (tertiary/aromatic N) is 1. The van der Waals surface area contributed by atoms with Gasteiger partial charge in [0.15, 0.2) is 0 Å². The van der Waals surface area contributed by atoms with E-state index in [-0.39, 0.29) is 30.3 Å². The number of hydrogen-bond donors (Lipinski definition) is 1. The van der Waals surface area contributed by atoms with Gasteiger partial charge in [-0.05, 0) is 31.1 Å². The van der Waals surface area contributed by atoms with Crippen molar-refractivity contribution in [3.05, 3.63) is 0 Å². The number of ether oxygens (including phenoxy) is 1. The molecule has 1 N–H and O–H groups in total. The second kappa shape index (κ2) is 6.37. The minimum atomic E-state index is -0.329. The summed E-state index contributed by atoms with van der Waals surface area (Å²) in [6.07, 6.45) is 3.38. The summed E-state index contributed by atoms with van der Waals surface area (Å²) >= 11 is 0. The van der Waals surface area contributed by atoms with Gasteiger partial charge in [-0.3, -0.25) is 9.59 Å². The van der Waals surface area contributed by atoms with Gasteiger partial charge in [0.25, 0.3) is 0 Å². The van der Waals surface area contributed by atoms with Crippen LogP contribution in [0.1, 0.15) is 33.1 Å². The highest BCUT2D eigenvalue weighted by atomic mass is 16.5. The number of carbonyl (C=O) groups is 2. The van der Waals surface area contributed by atoms with Crippen LogP contribution in [0.5, 0.6) is 0 Å². The Balaban J connectivity index is 1.76. The largest absolute Gasteiger partial charge is 0.381 e. The van der Waals surface area contributed by atoms with Crippen LogP contribution in [-0.2, 0) is 14.3 Å². The first kappa shape index (κ1) is 14.3. The van der Waals surface area contributed by atoms with E-state index in [0.717, 1.165) is 18.9 Å². The molecule has 0 aromatic carbocycles. The Labute approximate surface area is 114 Å². The van der Waals surface area contributed by atoms with Gasteiger partial charge in [0.2, 0.25) is 11.8 Å². The van der Waals surface area contributed by atoms with Crippen molar-refractivity contribution in [3.63, 3.8) is 0 Å². The molecule has 5 heteroatoms. The summed E-state index contributed by atoms with van der Waals surface area (Å²) in [7, 11) is 0. The van der Waals surface area contributed by atoms with Crippen LogP contribution in [-0.4, -0.2) is 49.1 Å². The van der Waals surface area contributed by atoms with Crippen molar-refractivity contribution in [1.82, 2.24) is 10.2 Å². The topological polar surface area (TPSA) is 58.6 Å². The molecule has 1 unspecified atom stereocenters. The minimum absolute atomic E-state index is 0.0143. The van der Waals surface area contributed by atoms with E-state index in [4.69, 9.17) is 4.74 Å². The zero-order valence-corrected chi connectivity index (χ0v) is 11.9. The highest BCUT2D eigenvalue weighted by Gasteiger charge is 2.35. The molecule has 1 saturated heterocycles. The number of carbonyl (C=O) groups excluding carboxylic acids is 2. The van der Waals surface area contributed by atoms with E-state index >= 15 is 0 Å². The second-order valence-electron chi connectivity index (χ2n) is 5.87. The van der Waals surface area contributed by atoms with Gasteiger partial charge >= 0.3 is 0 Å². The highest BCUT2D eigenvalue weighted by Crippen LogP contribution is 2.28. The summed E-state index contributed by atoms with van der Waals surface area (Å²) in [5.74, 6) is 0.886. The van der Waals surface area contributed by atoms with Crippen molar-refractivity contribution in [3.8, 4) is 0 Å². The van der Waals surface area contributed by atoms with Crippen LogP contribution in [0.15, 0.2) is 0 Å². The fourth-order valence-electron chi connectivity index (χ4n) is 2.46. The van der Waals surface area contributed by atoms with Gasteiger partial charge in [-0.2, -0.15) is 0 Å². The Bertz CT molecular complexity index is 340. The van der Waals surface area contributed by atoms with Gasteiger partial charge < -0.3 is 15.0 Å². The monoisotopic (exact) mass is 268 g/mol. The second-order valence-corrected chi connectivity index (χ2v) is 5.87. The van der Waals surface area contributed by atoms with E-state index in [9.17, 15) is 9.59 Å². The van der Waals surface area contributed by atoms with E-state index in [2.05, 4.69) is 5.32 Å². The van der Waals surface area contributed by atoms with Crippen molar-refractivity contribution in [2.45, 2.75) is 39.2 Å². The van der Waals surface area contributed by atoms with Crippen LogP contribution in [0, 0.1) is 11.8 Å². The summed E-state index contributed by atoms with van der Waals surface area (Å²) in [5.41, 5.74) is 0. The van der Waals surface area contributed by atoms with Gasteiger partial charge in [-0.15, -0.1) is 0 Å². The molecule has 2 fully saturated rings. The number of amides is 2. The van der Waals surface area contributed by atoms with Crippen LogP contribution >= 0.6 is 0 Å². The van der Waals surface area contributed by atoms with Gasteiger partial charge in [-0.1, -0.05) is 13.8 Å². The number of nitrogens with one attached hydrogen (secondary N) is 1. The molecule has 2 aliphatic rings. The van der Waals surface area contributed by atoms with Gasteiger partial charge in [-0.25, -0.2) is 0 Å². The SMILES string of the molecule is CC(C)C1C(=O)NCC(=O)N1CCCOCC1CC1. The number of hydrogen-bond acceptors (Lipinski definition) is 3. The highest BCUT2D eigenvalue weighted by molar-refractivity contribution is 5.94. The smallest absolute Gasteiger partial charge is 0.243 e. The predicted octanol–water partition coefficient (Wildman–Crippen LogP) is 0.786. The minimum Gasteiger partial charge on any atom is -0.381 e. The molecule has 0 aromatic heterocycles. The molecule has 5 nitrogen and oxygen atoms in total. The van der Waals surface area contributed by atoms with Crippen LogP contribution < -0.4 is 5.32 Å². The fraction of sp³-hybridized carbons (Fsp3) is 0.857. The fourth-order valence-corrected chi connectivity index (χ4v) is 2.46.